The van der Waals surface area contributed by atoms with Crippen LogP contribution in [-0.2, 0) is 6.54 Å². The van der Waals surface area contributed by atoms with Gasteiger partial charge >= 0.3 is 0 Å². The summed E-state index contributed by atoms with van der Waals surface area (Å²) in [6.07, 6.45) is 1.58. The number of hydrogen-bond acceptors (Lipinski definition) is 4. The minimum absolute atomic E-state index is 0.0756. The number of rotatable bonds is 5. The van der Waals surface area contributed by atoms with Crippen LogP contribution in [0.5, 0.6) is 5.75 Å². The Morgan fingerprint density at radius 3 is 2.50 bits per heavy atom. The minimum Gasteiger partial charge on any atom is -0.496 e. The summed E-state index contributed by atoms with van der Waals surface area (Å²) in [7, 11) is 1.50. The summed E-state index contributed by atoms with van der Waals surface area (Å²) in [6, 6.07) is 17.8. The number of aromatic nitrogens is 2. The number of methoxy groups -OCH3 is 1. The minimum atomic E-state index is -0.384. The molecule has 0 saturated carbocycles. The third kappa shape index (κ3) is 3.72. The molecule has 0 amide bonds. The van der Waals surface area contributed by atoms with Gasteiger partial charge in [0.15, 0.2) is 0 Å². The Hall–Kier alpha value is -3.44. The molecule has 30 heavy (non-hydrogen) atoms. The zero-order chi connectivity index (χ0) is 21.3. The molecule has 4 rings (SSSR count). The second kappa shape index (κ2) is 8.13. The van der Waals surface area contributed by atoms with Crippen molar-refractivity contribution in [2.24, 2.45) is 0 Å². The predicted octanol–water partition coefficient (Wildman–Crippen LogP) is 4.65. The Kier molecular flexibility index (Phi) is 5.38. The van der Waals surface area contributed by atoms with Gasteiger partial charge in [0.25, 0.3) is 0 Å². The Morgan fingerprint density at radius 1 is 1.03 bits per heavy atom. The average Bonchev–Trinajstić information content (AvgIpc) is 2.76. The summed E-state index contributed by atoms with van der Waals surface area (Å²) < 4.78 is 7.14. The van der Waals surface area contributed by atoms with Crippen molar-refractivity contribution in [2.45, 2.75) is 13.5 Å². The molecule has 0 saturated heterocycles. The molecule has 0 atom stereocenters. The molecule has 5 nitrogen and oxygen atoms in total. The highest BCUT2D eigenvalue weighted by Gasteiger charge is 2.20. The number of ether oxygens (including phenoxy) is 1. The molecule has 0 unspecified atom stereocenters. The maximum Gasteiger partial charge on any atom is 0.202 e. The number of aryl methyl sites for hydroxylation is 1. The highest BCUT2D eigenvalue weighted by atomic mass is 35.5. The summed E-state index contributed by atoms with van der Waals surface area (Å²) in [6.45, 7) is 2.31. The van der Waals surface area contributed by atoms with Gasteiger partial charge in [0.1, 0.15) is 11.4 Å². The molecular weight excluding hydrogens is 400 g/mol. The molecule has 0 aliphatic carbocycles. The van der Waals surface area contributed by atoms with E-state index >= 15 is 0 Å². The Balaban J connectivity index is 1.91. The van der Waals surface area contributed by atoms with E-state index in [4.69, 9.17) is 16.3 Å². The molecule has 0 radical (unpaired) electrons. The summed E-state index contributed by atoms with van der Waals surface area (Å²) in [5.74, 6) is 0.0399. The number of benzene rings is 2. The van der Waals surface area contributed by atoms with Gasteiger partial charge in [-0.1, -0.05) is 35.9 Å². The number of halogens is 1. The standard InChI is InChI=1S/C24H19ClN2O3/c1-15-7-12-19-23(29)20(22(28)18-5-3-4-6-21(18)30-2)14-27(24(19)26-15)13-16-8-10-17(25)11-9-16/h3-12,14H,13H2,1-2H3. The number of fused-ring (bicyclic) bond motifs is 1. The summed E-state index contributed by atoms with van der Waals surface area (Å²) in [5, 5.41) is 1.04. The van der Waals surface area contributed by atoms with Gasteiger partial charge in [0.2, 0.25) is 11.2 Å². The molecular formula is C24H19ClN2O3. The van der Waals surface area contributed by atoms with Gasteiger partial charge in [0.05, 0.1) is 23.6 Å². The first-order chi connectivity index (χ1) is 14.5. The first kappa shape index (κ1) is 19.9. The molecule has 4 aromatic rings. The van der Waals surface area contributed by atoms with Crippen molar-refractivity contribution >= 4 is 28.4 Å². The zero-order valence-corrected chi connectivity index (χ0v) is 17.3. The maximum atomic E-state index is 13.3. The molecule has 0 fully saturated rings. The Labute approximate surface area is 178 Å². The summed E-state index contributed by atoms with van der Waals surface area (Å²) in [5.41, 5.74) is 2.37. The van der Waals surface area contributed by atoms with Crippen molar-refractivity contribution in [1.82, 2.24) is 9.55 Å². The van der Waals surface area contributed by atoms with Crippen LogP contribution in [0.3, 0.4) is 0 Å². The third-order valence-corrected chi connectivity index (χ3v) is 5.17. The summed E-state index contributed by atoms with van der Waals surface area (Å²) >= 11 is 6.00. The van der Waals surface area contributed by atoms with Gasteiger partial charge in [-0.2, -0.15) is 0 Å². The van der Waals surface area contributed by atoms with E-state index in [0.717, 1.165) is 11.3 Å². The van der Waals surface area contributed by atoms with E-state index in [1.165, 1.54) is 7.11 Å². The van der Waals surface area contributed by atoms with E-state index in [1.807, 2.05) is 23.6 Å². The van der Waals surface area contributed by atoms with E-state index in [-0.39, 0.29) is 16.8 Å². The molecule has 0 bridgehead atoms. The number of para-hydroxylation sites is 1. The van der Waals surface area contributed by atoms with E-state index < -0.39 is 0 Å². The van der Waals surface area contributed by atoms with Crippen molar-refractivity contribution in [3.05, 3.63) is 104 Å². The van der Waals surface area contributed by atoms with Crippen LogP contribution in [0.25, 0.3) is 11.0 Å². The van der Waals surface area contributed by atoms with Crippen molar-refractivity contribution in [3.63, 3.8) is 0 Å². The lowest BCUT2D eigenvalue weighted by atomic mass is 10.0. The van der Waals surface area contributed by atoms with Crippen LogP contribution in [-0.4, -0.2) is 22.4 Å². The second-order valence-corrected chi connectivity index (χ2v) is 7.42. The molecule has 2 aromatic carbocycles. The number of carbonyl (C=O) groups excluding carboxylic acids is 1. The van der Waals surface area contributed by atoms with Crippen molar-refractivity contribution in [1.29, 1.82) is 0 Å². The zero-order valence-electron chi connectivity index (χ0n) is 16.6. The lowest BCUT2D eigenvalue weighted by Crippen LogP contribution is -2.21. The van der Waals surface area contributed by atoms with Crippen LogP contribution in [0.4, 0.5) is 0 Å². The normalized spacial score (nSPS) is 10.9. The average molecular weight is 419 g/mol. The Morgan fingerprint density at radius 2 is 1.77 bits per heavy atom. The molecule has 0 N–H and O–H groups in total. The third-order valence-electron chi connectivity index (χ3n) is 4.92. The number of ketones is 1. The van der Waals surface area contributed by atoms with Gasteiger partial charge in [-0.25, -0.2) is 4.98 Å². The molecule has 2 heterocycles. The van der Waals surface area contributed by atoms with Gasteiger partial charge in [0, 0.05) is 23.5 Å². The van der Waals surface area contributed by atoms with Crippen LogP contribution < -0.4 is 10.2 Å². The van der Waals surface area contributed by atoms with Crippen molar-refractivity contribution in [2.75, 3.05) is 7.11 Å². The first-order valence-corrected chi connectivity index (χ1v) is 9.78. The SMILES string of the molecule is COc1ccccc1C(=O)c1cn(Cc2ccc(Cl)cc2)c2nc(C)ccc2c1=O. The molecule has 0 spiro atoms. The van der Waals surface area contributed by atoms with Crippen LogP contribution in [0, 0.1) is 6.92 Å². The largest absolute Gasteiger partial charge is 0.496 e. The lowest BCUT2D eigenvalue weighted by Gasteiger charge is -2.14. The van der Waals surface area contributed by atoms with Gasteiger partial charge in [-0.3, -0.25) is 9.59 Å². The Bertz CT molecular complexity index is 1310. The quantitative estimate of drug-likeness (QED) is 0.443. The molecule has 2 aromatic heterocycles. The van der Waals surface area contributed by atoms with Crippen molar-refractivity contribution < 1.29 is 9.53 Å². The highest BCUT2D eigenvalue weighted by Crippen LogP contribution is 2.22. The van der Waals surface area contributed by atoms with Gasteiger partial charge < -0.3 is 9.30 Å². The lowest BCUT2D eigenvalue weighted by molar-refractivity contribution is 0.103. The van der Waals surface area contributed by atoms with Gasteiger partial charge in [-0.05, 0) is 48.9 Å². The van der Waals surface area contributed by atoms with Crippen LogP contribution >= 0.6 is 11.6 Å². The predicted molar refractivity (Wildman–Crippen MR) is 118 cm³/mol. The molecule has 150 valence electrons. The smallest absolute Gasteiger partial charge is 0.202 e. The molecule has 0 aliphatic heterocycles. The number of carbonyl (C=O) groups is 1. The van der Waals surface area contributed by atoms with Crippen molar-refractivity contribution in [3.8, 4) is 5.75 Å². The number of pyridine rings is 2. The van der Waals surface area contributed by atoms with Crippen LogP contribution in [0.1, 0.15) is 27.2 Å². The number of hydrogen-bond donors (Lipinski definition) is 0. The maximum absolute atomic E-state index is 13.3. The number of nitrogens with zero attached hydrogens (tertiary/aromatic N) is 2. The fourth-order valence-electron chi connectivity index (χ4n) is 3.41. The van der Waals surface area contributed by atoms with E-state index in [2.05, 4.69) is 4.98 Å². The van der Waals surface area contributed by atoms with E-state index in [9.17, 15) is 9.59 Å². The highest BCUT2D eigenvalue weighted by molar-refractivity contribution is 6.30. The van der Waals surface area contributed by atoms with E-state index in [1.54, 1.807) is 54.7 Å². The monoisotopic (exact) mass is 418 g/mol. The van der Waals surface area contributed by atoms with Crippen LogP contribution in [0.2, 0.25) is 5.02 Å². The molecule has 6 heteroatoms. The summed E-state index contributed by atoms with van der Waals surface area (Å²) in [4.78, 5) is 31.0. The first-order valence-electron chi connectivity index (χ1n) is 9.41. The topological polar surface area (TPSA) is 61.2 Å². The second-order valence-electron chi connectivity index (χ2n) is 6.98. The fraction of sp³-hybridized carbons (Fsp3) is 0.125. The van der Waals surface area contributed by atoms with Crippen LogP contribution in [0.15, 0.2) is 71.7 Å². The fourth-order valence-corrected chi connectivity index (χ4v) is 3.53. The molecule has 0 aliphatic rings. The van der Waals surface area contributed by atoms with Gasteiger partial charge in [-0.15, -0.1) is 0 Å². The van der Waals surface area contributed by atoms with E-state index in [0.29, 0.717) is 33.9 Å².